The number of nitro groups is 1. The normalized spacial score (nSPS) is 17.2. The first-order valence-corrected chi connectivity index (χ1v) is 5.65. The van der Waals surface area contributed by atoms with Crippen LogP contribution in [0.3, 0.4) is 0 Å². The van der Waals surface area contributed by atoms with Crippen LogP contribution >= 0.6 is 0 Å². The Hall–Kier alpha value is -1.47. The highest BCUT2D eigenvalue weighted by Gasteiger charge is 2.16. The van der Waals surface area contributed by atoms with Crippen LogP contribution in [0.1, 0.15) is 5.82 Å². The van der Waals surface area contributed by atoms with Crippen LogP contribution in [0.2, 0.25) is 0 Å². The van der Waals surface area contributed by atoms with Crippen molar-refractivity contribution in [2.75, 3.05) is 32.8 Å². The maximum atomic E-state index is 10.6. The fourth-order valence-electron chi connectivity index (χ4n) is 1.88. The Morgan fingerprint density at radius 3 is 2.76 bits per heavy atom. The van der Waals surface area contributed by atoms with Crippen LogP contribution in [0.5, 0.6) is 0 Å². The molecule has 1 aliphatic heterocycles. The molecular formula is C10H16N4O3. The molecule has 1 fully saturated rings. The summed E-state index contributed by atoms with van der Waals surface area (Å²) in [7, 11) is 0. The molecule has 0 amide bonds. The van der Waals surface area contributed by atoms with E-state index >= 15 is 0 Å². The molecule has 0 aliphatic carbocycles. The highest BCUT2D eigenvalue weighted by molar-refractivity contribution is 5.16. The number of rotatable bonds is 4. The molecule has 7 nitrogen and oxygen atoms in total. The van der Waals surface area contributed by atoms with Gasteiger partial charge >= 0.3 is 5.82 Å². The second-order valence-corrected chi connectivity index (χ2v) is 4.05. The zero-order chi connectivity index (χ0) is 12.3. The second-order valence-electron chi connectivity index (χ2n) is 4.05. The Morgan fingerprint density at radius 2 is 2.18 bits per heavy atom. The smallest absolute Gasteiger partial charge is 0.379 e. The van der Waals surface area contributed by atoms with Gasteiger partial charge < -0.3 is 19.4 Å². The van der Waals surface area contributed by atoms with Crippen molar-refractivity contribution in [2.45, 2.75) is 13.5 Å². The molecule has 1 saturated heterocycles. The zero-order valence-corrected chi connectivity index (χ0v) is 9.83. The zero-order valence-electron chi connectivity index (χ0n) is 9.83. The number of aromatic nitrogens is 2. The summed E-state index contributed by atoms with van der Waals surface area (Å²) in [6.07, 6.45) is 1.50. The summed E-state index contributed by atoms with van der Waals surface area (Å²) in [5.74, 6) is 0.606. The first kappa shape index (κ1) is 12.0. The van der Waals surface area contributed by atoms with Gasteiger partial charge in [0.05, 0.1) is 13.2 Å². The molecule has 1 aliphatic rings. The van der Waals surface area contributed by atoms with Gasteiger partial charge in [0.2, 0.25) is 5.82 Å². The van der Waals surface area contributed by atoms with Gasteiger partial charge in [0.1, 0.15) is 6.20 Å². The third-order valence-electron chi connectivity index (χ3n) is 2.91. The highest BCUT2D eigenvalue weighted by atomic mass is 16.6. The largest absolute Gasteiger partial charge is 0.381 e. The van der Waals surface area contributed by atoms with Crippen LogP contribution in [-0.2, 0) is 11.3 Å². The lowest BCUT2D eigenvalue weighted by atomic mass is 10.4. The second kappa shape index (κ2) is 5.24. The first-order valence-electron chi connectivity index (χ1n) is 5.65. The molecular weight excluding hydrogens is 224 g/mol. The van der Waals surface area contributed by atoms with Gasteiger partial charge in [-0.05, 0) is 9.91 Å². The van der Waals surface area contributed by atoms with Gasteiger partial charge in [-0.15, -0.1) is 0 Å². The van der Waals surface area contributed by atoms with Gasteiger partial charge in [-0.2, -0.15) is 0 Å². The maximum absolute atomic E-state index is 10.6. The number of imidazole rings is 1. The van der Waals surface area contributed by atoms with E-state index in [9.17, 15) is 10.1 Å². The minimum Gasteiger partial charge on any atom is -0.379 e. The number of morpholine rings is 1. The molecule has 2 heterocycles. The summed E-state index contributed by atoms with van der Waals surface area (Å²) >= 11 is 0. The van der Waals surface area contributed by atoms with Crippen LogP contribution in [0, 0.1) is 17.0 Å². The summed E-state index contributed by atoms with van der Waals surface area (Å²) in [5.41, 5.74) is 0. The quantitative estimate of drug-likeness (QED) is 0.563. The van der Waals surface area contributed by atoms with Gasteiger partial charge in [0, 0.05) is 33.1 Å². The van der Waals surface area contributed by atoms with Gasteiger partial charge in [-0.1, -0.05) is 0 Å². The van der Waals surface area contributed by atoms with Gasteiger partial charge in [0.25, 0.3) is 0 Å². The van der Waals surface area contributed by atoms with Gasteiger partial charge in [-0.3, -0.25) is 4.90 Å². The Morgan fingerprint density at radius 1 is 1.47 bits per heavy atom. The number of aryl methyl sites for hydroxylation is 1. The number of hydrogen-bond acceptors (Lipinski definition) is 5. The van der Waals surface area contributed by atoms with Crippen molar-refractivity contribution in [1.29, 1.82) is 0 Å². The van der Waals surface area contributed by atoms with E-state index in [1.165, 1.54) is 6.20 Å². The molecule has 0 saturated carbocycles. The predicted octanol–water partition coefficient (Wildman–Crippen LogP) is 0.432. The van der Waals surface area contributed by atoms with Crippen molar-refractivity contribution < 1.29 is 9.66 Å². The van der Waals surface area contributed by atoms with Crippen LogP contribution in [0.4, 0.5) is 5.82 Å². The lowest BCUT2D eigenvalue weighted by Gasteiger charge is -2.26. The number of hydrogen-bond donors (Lipinski definition) is 0. The van der Waals surface area contributed by atoms with Crippen LogP contribution in [-0.4, -0.2) is 52.2 Å². The molecule has 7 heteroatoms. The molecule has 0 spiro atoms. The van der Waals surface area contributed by atoms with Crippen molar-refractivity contribution in [3.8, 4) is 0 Å². The van der Waals surface area contributed by atoms with Crippen molar-refractivity contribution in [3.05, 3.63) is 22.1 Å². The van der Waals surface area contributed by atoms with E-state index < -0.39 is 4.92 Å². The average Bonchev–Trinajstić information content (AvgIpc) is 2.70. The van der Waals surface area contributed by atoms with E-state index in [0.29, 0.717) is 5.82 Å². The third-order valence-corrected chi connectivity index (χ3v) is 2.91. The topological polar surface area (TPSA) is 73.4 Å². The van der Waals surface area contributed by atoms with Crippen LogP contribution in [0.15, 0.2) is 6.20 Å². The minimum atomic E-state index is -0.460. The minimum absolute atomic E-state index is 0.0792. The van der Waals surface area contributed by atoms with E-state index in [0.717, 1.165) is 39.4 Å². The summed E-state index contributed by atoms with van der Waals surface area (Å²) in [6.45, 7) is 6.77. The highest BCUT2D eigenvalue weighted by Crippen LogP contribution is 2.10. The summed E-state index contributed by atoms with van der Waals surface area (Å²) < 4.78 is 7.09. The van der Waals surface area contributed by atoms with Crippen molar-refractivity contribution >= 4 is 5.82 Å². The van der Waals surface area contributed by atoms with E-state index in [2.05, 4.69) is 9.88 Å². The fraction of sp³-hybridized carbons (Fsp3) is 0.700. The number of ether oxygens (including phenoxy) is 1. The Bertz CT molecular complexity index is 398. The van der Waals surface area contributed by atoms with E-state index in [-0.39, 0.29) is 5.82 Å². The predicted molar refractivity (Wildman–Crippen MR) is 60.9 cm³/mol. The number of nitrogens with zero attached hydrogens (tertiary/aromatic N) is 4. The van der Waals surface area contributed by atoms with Crippen molar-refractivity contribution in [2.24, 2.45) is 0 Å². The Kier molecular flexibility index (Phi) is 3.70. The average molecular weight is 240 g/mol. The van der Waals surface area contributed by atoms with Gasteiger partial charge in [-0.25, -0.2) is 0 Å². The Labute approximate surface area is 99.1 Å². The fourth-order valence-corrected chi connectivity index (χ4v) is 1.88. The molecule has 0 bridgehead atoms. The molecule has 17 heavy (non-hydrogen) atoms. The lowest BCUT2D eigenvalue weighted by molar-refractivity contribution is -0.389. The lowest BCUT2D eigenvalue weighted by Crippen LogP contribution is -2.38. The monoisotopic (exact) mass is 240 g/mol. The summed E-state index contributed by atoms with van der Waals surface area (Å²) in [5, 5.41) is 10.6. The molecule has 1 aromatic heterocycles. The molecule has 0 radical (unpaired) electrons. The van der Waals surface area contributed by atoms with E-state index in [4.69, 9.17) is 4.74 Å². The molecule has 1 aromatic rings. The molecule has 0 atom stereocenters. The molecule has 0 aromatic carbocycles. The van der Waals surface area contributed by atoms with E-state index in [1.807, 2.05) is 4.57 Å². The SMILES string of the molecule is Cc1nc([N+](=O)[O-])cn1CCN1CCOCC1. The van der Waals surface area contributed by atoms with Crippen LogP contribution < -0.4 is 0 Å². The van der Waals surface area contributed by atoms with Crippen molar-refractivity contribution in [1.82, 2.24) is 14.5 Å². The first-order chi connectivity index (χ1) is 8.16. The van der Waals surface area contributed by atoms with Gasteiger partial charge in [0.15, 0.2) is 0 Å². The standard InChI is InChI=1S/C10H16N4O3/c1-9-11-10(14(15)16)8-13(9)3-2-12-4-6-17-7-5-12/h8H,2-7H2,1H3. The maximum Gasteiger partial charge on any atom is 0.381 e. The van der Waals surface area contributed by atoms with E-state index in [1.54, 1.807) is 6.92 Å². The molecule has 0 unspecified atom stereocenters. The molecule has 94 valence electrons. The van der Waals surface area contributed by atoms with Crippen molar-refractivity contribution in [3.63, 3.8) is 0 Å². The molecule has 2 rings (SSSR count). The molecule has 0 N–H and O–H groups in total. The summed E-state index contributed by atoms with van der Waals surface area (Å²) in [4.78, 5) is 16.3. The Balaban J connectivity index is 1.91. The summed E-state index contributed by atoms with van der Waals surface area (Å²) in [6, 6.07) is 0. The third kappa shape index (κ3) is 3.01. The van der Waals surface area contributed by atoms with Crippen LogP contribution in [0.25, 0.3) is 0 Å².